The molecule has 1 fully saturated rings. The first-order valence-electron chi connectivity index (χ1n) is 5.02. The van der Waals surface area contributed by atoms with E-state index in [1.807, 2.05) is 6.92 Å². The molecule has 0 radical (unpaired) electrons. The Morgan fingerprint density at radius 1 is 1.60 bits per heavy atom. The highest BCUT2D eigenvalue weighted by atomic mass is 16.6. The van der Waals surface area contributed by atoms with E-state index in [1.54, 1.807) is 0 Å². The predicted molar refractivity (Wildman–Crippen MR) is 51.1 cm³/mol. The third kappa shape index (κ3) is 1.10. The van der Waals surface area contributed by atoms with Gasteiger partial charge in [0.1, 0.15) is 23.9 Å². The summed E-state index contributed by atoms with van der Waals surface area (Å²) in [5.41, 5.74) is -0.0653. The molecule has 0 aromatic heterocycles. The van der Waals surface area contributed by atoms with Gasteiger partial charge in [-0.2, -0.15) is 0 Å². The first kappa shape index (κ1) is 9.27. The lowest BCUT2D eigenvalue weighted by atomic mass is 9.73. The summed E-state index contributed by atoms with van der Waals surface area (Å²) >= 11 is 0. The van der Waals surface area contributed by atoms with Crippen LogP contribution in [0, 0.1) is 0 Å². The van der Waals surface area contributed by atoms with Crippen molar-refractivity contribution in [3.8, 4) is 0 Å². The van der Waals surface area contributed by atoms with Gasteiger partial charge in [0.25, 0.3) is 0 Å². The van der Waals surface area contributed by atoms with Gasteiger partial charge in [-0.05, 0) is 19.1 Å². The van der Waals surface area contributed by atoms with Gasteiger partial charge in [0, 0.05) is 12.0 Å². The van der Waals surface area contributed by atoms with E-state index < -0.39 is 17.8 Å². The van der Waals surface area contributed by atoms with Crippen molar-refractivity contribution in [3.63, 3.8) is 0 Å². The van der Waals surface area contributed by atoms with Crippen molar-refractivity contribution in [3.05, 3.63) is 23.3 Å². The minimum Gasteiger partial charge on any atom is -0.386 e. The predicted octanol–water partition coefficient (Wildman–Crippen LogP) is -0.295. The minimum absolute atomic E-state index is 0.214. The van der Waals surface area contributed by atoms with E-state index in [-0.39, 0.29) is 11.9 Å². The number of carbonyl (C=O) groups is 1. The Hall–Kier alpha value is -0.970. The molecule has 0 amide bonds. The quantitative estimate of drug-likeness (QED) is 0.536. The largest absolute Gasteiger partial charge is 0.386 e. The van der Waals surface area contributed by atoms with Gasteiger partial charge in [0.15, 0.2) is 5.78 Å². The van der Waals surface area contributed by atoms with E-state index >= 15 is 0 Å². The smallest absolute Gasteiger partial charge is 0.184 e. The van der Waals surface area contributed by atoms with Crippen LogP contribution in [0.3, 0.4) is 0 Å². The molecule has 3 rings (SSSR count). The van der Waals surface area contributed by atoms with Gasteiger partial charge in [-0.3, -0.25) is 4.79 Å². The zero-order valence-electron chi connectivity index (χ0n) is 8.30. The van der Waals surface area contributed by atoms with Gasteiger partial charge >= 0.3 is 0 Å². The third-order valence-electron chi connectivity index (χ3n) is 3.33. The first-order chi connectivity index (χ1) is 7.02. The van der Waals surface area contributed by atoms with E-state index in [0.717, 1.165) is 5.57 Å². The number of carbonyl (C=O) groups excluding carboxylic acids is 1. The zero-order chi connectivity index (χ0) is 10.8. The standard InChI is InChI=1S/C11H12O4/c1-5-2-7(12)6-3-8(13)9-10(15-9)11(6,14)4-5/h2-3,8-10,13-14H,4H2,1H3/t8-,9+,10+,11+/m1/s1. The maximum Gasteiger partial charge on any atom is 0.184 e. The molecule has 4 nitrogen and oxygen atoms in total. The number of ketones is 1. The highest BCUT2D eigenvalue weighted by Gasteiger charge is 2.62. The van der Waals surface area contributed by atoms with Crippen molar-refractivity contribution < 1.29 is 19.7 Å². The van der Waals surface area contributed by atoms with Gasteiger partial charge in [0.2, 0.25) is 0 Å². The molecular formula is C11H12O4. The average Bonchev–Trinajstić information content (AvgIpc) is 2.89. The second kappa shape index (κ2) is 2.58. The molecule has 2 N–H and O–H groups in total. The summed E-state index contributed by atoms with van der Waals surface area (Å²) in [7, 11) is 0. The molecular weight excluding hydrogens is 196 g/mol. The van der Waals surface area contributed by atoms with Gasteiger partial charge in [0.05, 0.1) is 0 Å². The fraction of sp³-hybridized carbons (Fsp3) is 0.545. The molecule has 0 bridgehead atoms. The molecule has 0 spiro atoms. The molecule has 1 aliphatic heterocycles. The van der Waals surface area contributed by atoms with Crippen LogP contribution in [0.25, 0.3) is 0 Å². The SMILES string of the molecule is CC1=CC(=O)C2=C[C@@H](O)[C@@H]3O[C@@H]3[C@]2(O)C1. The monoisotopic (exact) mass is 208 g/mol. The second-order valence-corrected chi connectivity index (χ2v) is 4.55. The summed E-state index contributed by atoms with van der Waals surface area (Å²) in [5, 5.41) is 20.0. The molecule has 0 unspecified atom stereocenters. The Morgan fingerprint density at radius 3 is 3.07 bits per heavy atom. The zero-order valence-corrected chi connectivity index (χ0v) is 8.30. The van der Waals surface area contributed by atoms with Crippen LogP contribution in [-0.4, -0.2) is 39.9 Å². The summed E-state index contributed by atoms with van der Waals surface area (Å²) < 4.78 is 5.23. The lowest BCUT2D eigenvalue weighted by Crippen LogP contribution is -2.48. The number of hydrogen-bond donors (Lipinski definition) is 2. The molecule has 0 saturated carbocycles. The van der Waals surface area contributed by atoms with Crippen LogP contribution >= 0.6 is 0 Å². The van der Waals surface area contributed by atoms with Crippen LogP contribution in [0.1, 0.15) is 13.3 Å². The van der Waals surface area contributed by atoms with E-state index in [9.17, 15) is 15.0 Å². The van der Waals surface area contributed by atoms with E-state index in [0.29, 0.717) is 12.0 Å². The Balaban J connectivity index is 2.11. The van der Waals surface area contributed by atoms with Gasteiger partial charge in [-0.25, -0.2) is 0 Å². The Bertz CT molecular complexity index is 409. The summed E-state index contributed by atoms with van der Waals surface area (Å²) in [5.74, 6) is -0.214. The summed E-state index contributed by atoms with van der Waals surface area (Å²) in [6.07, 6.45) is 1.84. The number of fused-ring (bicyclic) bond motifs is 3. The molecule has 0 aromatic rings. The Morgan fingerprint density at radius 2 is 2.33 bits per heavy atom. The fourth-order valence-electron chi connectivity index (χ4n) is 2.60. The van der Waals surface area contributed by atoms with Crippen molar-refractivity contribution in [2.24, 2.45) is 0 Å². The van der Waals surface area contributed by atoms with Crippen molar-refractivity contribution >= 4 is 5.78 Å². The lowest BCUT2D eigenvalue weighted by molar-refractivity contribution is -0.114. The Labute approximate surface area is 86.9 Å². The van der Waals surface area contributed by atoms with Crippen LogP contribution in [0.15, 0.2) is 23.3 Å². The molecule has 1 saturated heterocycles. The number of allylic oxidation sites excluding steroid dienone is 1. The first-order valence-corrected chi connectivity index (χ1v) is 5.02. The van der Waals surface area contributed by atoms with Crippen molar-refractivity contribution in [1.29, 1.82) is 0 Å². The highest BCUT2D eigenvalue weighted by Crippen LogP contribution is 2.48. The average molecular weight is 208 g/mol. The molecule has 1 heterocycles. The van der Waals surface area contributed by atoms with Crippen LogP contribution < -0.4 is 0 Å². The van der Waals surface area contributed by atoms with Crippen LogP contribution in [0.5, 0.6) is 0 Å². The van der Waals surface area contributed by atoms with Crippen molar-refractivity contribution in [1.82, 2.24) is 0 Å². The maximum absolute atomic E-state index is 11.7. The van der Waals surface area contributed by atoms with E-state index in [2.05, 4.69) is 0 Å². The van der Waals surface area contributed by atoms with Gasteiger partial charge < -0.3 is 14.9 Å². The van der Waals surface area contributed by atoms with Crippen molar-refractivity contribution in [2.45, 2.75) is 37.3 Å². The number of aliphatic hydroxyl groups is 2. The van der Waals surface area contributed by atoms with Crippen molar-refractivity contribution in [2.75, 3.05) is 0 Å². The van der Waals surface area contributed by atoms with Crippen LogP contribution in [-0.2, 0) is 9.53 Å². The molecule has 80 valence electrons. The molecule has 4 heteroatoms. The molecule has 3 aliphatic rings. The summed E-state index contributed by atoms with van der Waals surface area (Å²) in [4.78, 5) is 11.7. The number of ether oxygens (including phenoxy) is 1. The molecule has 2 aliphatic carbocycles. The van der Waals surface area contributed by atoms with Crippen LogP contribution in [0.4, 0.5) is 0 Å². The summed E-state index contributed by atoms with van der Waals surface area (Å²) in [6.45, 7) is 1.81. The third-order valence-corrected chi connectivity index (χ3v) is 3.33. The minimum atomic E-state index is -1.21. The van der Waals surface area contributed by atoms with Crippen LogP contribution in [0.2, 0.25) is 0 Å². The molecule has 4 atom stereocenters. The highest BCUT2D eigenvalue weighted by molar-refractivity contribution is 6.07. The maximum atomic E-state index is 11.7. The van der Waals surface area contributed by atoms with Gasteiger partial charge in [-0.15, -0.1) is 0 Å². The number of rotatable bonds is 0. The number of hydrogen-bond acceptors (Lipinski definition) is 4. The second-order valence-electron chi connectivity index (χ2n) is 4.55. The van der Waals surface area contributed by atoms with E-state index in [4.69, 9.17) is 4.74 Å². The van der Waals surface area contributed by atoms with Gasteiger partial charge in [-0.1, -0.05) is 5.57 Å². The topological polar surface area (TPSA) is 70.1 Å². The normalized spacial score (nSPS) is 47.7. The fourth-order valence-corrected chi connectivity index (χ4v) is 2.60. The summed E-state index contributed by atoms with van der Waals surface area (Å²) in [6, 6.07) is 0. The molecule has 15 heavy (non-hydrogen) atoms. The van der Waals surface area contributed by atoms with E-state index in [1.165, 1.54) is 12.2 Å². The number of epoxide rings is 1. The lowest BCUT2D eigenvalue weighted by Gasteiger charge is -2.34. The number of aliphatic hydroxyl groups excluding tert-OH is 1. The Kier molecular flexibility index (Phi) is 1.60. The molecule has 0 aromatic carbocycles.